The van der Waals surface area contributed by atoms with Gasteiger partial charge in [0.1, 0.15) is 41.0 Å². The molecule has 0 saturated heterocycles. The summed E-state index contributed by atoms with van der Waals surface area (Å²) in [6.45, 7) is 8.34. The van der Waals surface area contributed by atoms with E-state index in [2.05, 4.69) is 44.6 Å². The molecule has 0 aliphatic heterocycles. The summed E-state index contributed by atoms with van der Waals surface area (Å²) >= 11 is 11.7. The highest BCUT2D eigenvalue weighted by atomic mass is 35.5. The number of fused-ring (bicyclic) bond motifs is 2. The number of hydrogen-bond donors (Lipinski definition) is 1. The third kappa shape index (κ3) is 5.29. The first-order valence-electron chi connectivity index (χ1n) is 8.82. The van der Waals surface area contributed by atoms with Crippen LogP contribution in [0, 0.1) is 0 Å². The fourth-order valence-electron chi connectivity index (χ4n) is 2.46. The van der Waals surface area contributed by atoms with Gasteiger partial charge in [-0.1, -0.05) is 42.8 Å². The first kappa shape index (κ1) is 20.7. The summed E-state index contributed by atoms with van der Waals surface area (Å²) in [6.07, 6.45) is 6.62. The Kier molecular flexibility index (Phi) is 6.66. The molecule has 0 aliphatic rings. The molecule has 0 aliphatic carbocycles. The van der Waals surface area contributed by atoms with Gasteiger partial charge in [0.2, 0.25) is 0 Å². The summed E-state index contributed by atoms with van der Waals surface area (Å²) in [5, 5.41) is 2.71. The molecule has 0 unspecified atom stereocenters. The average Bonchev–Trinajstić information content (AvgIpc) is 3.27. The molecule has 4 aromatic heterocycles. The van der Waals surface area contributed by atoms with Crippen LogP contribution in [0.1, 0.15) is 0 Å². The van der Waals surface area contributed by atoms with Crippen molar-refractivity contribution in [3.05, 3.63) is 47.5 Å². The lowest BCUT2D eigenvalue weighted by Gasteiger charge is -2.15. The zero-order chi connectivity index (χ0) is 20.1. The van der Waals surface area contributed by atoms with Crippen LogP contribution in [0.5, 0.6) is 0 Å². The topological polar surface area (TPSA) is 81.5 Å². The van der Waals surface area contributed by atoms with Gasteiger partial charge in [-0.2, -0.15) is 0 Å². The standard InChI is InChI=1S/C12H18ClN3OSi.C6H4ClN3/c1-18(2,3)7-6-17-9-16-5-4-10-11(13)14-8-15-12(10)16;7-5-4-1-2-8-6(4)10-3-9-5/h4-5,8H,6-7,9H2,1-3H3;1-3H,(H,8,9,10). The largest absolute Gasteiger partial charge is 0.361 e. The van der Waals surface area contributed by atoms with Gasteiger partial charge in [-0.05, 0) is 18.2 Å². The van der Waals surface area contributed by atoms with Crippen LogP contribution in [0.4, 0.5) is 0 Å². The molecule has 148 valence electrons. The number of H-pyrrole nitrogens is 1. The number of aromatic nitrogens is 6. The van der Waals surface area contributed by atoms with Gasteiger partial charge >= 0.3 is 0 Å². The fraction of sp³-hybridized carbons (Fsp3) is 0.333. The van der Waals surface area contributed by atoms with Gasteiger partial charge < -0.3 is 14.3 Å². The maximum absolute atomic E-state index is 5.99. The lowest BCUT2D eigenvalue weighted by Crippen LogP contribution is -2.22. The van der Waals surface area contributed by atoms with E-state index >= 15 is 0 Å². The van der Waals surface area contributed by atoms with Crippen molar-refractivity contribution in [1.29, 1.82) is 0 Å². The zero-order valence-corrected chi connectivity index (χ0v) is 18.5. The van der Waals surface area contributed by atoms with E-state index in [0.29, 0.717) is 17.0 Å². The Hall–Kier alpha value is -2.00. The molecule has 0 atom stereocenters. The summed E-state index contributed by atoms with van der Waals surface area (Å²) in [7, 11) is -1.02. The number of nitrogens with zero attached hydrogens (tertiary/aromatic N) is 5. The van der Waals surface area contributed by atoms with Gasteiger partial charge in [0.05, 0.1) is 10.8 Å². The van der Waals surface area contributed by atoms with E-state index in [4.69, 9.17) is 27.9 Å². The summed E-state index contributed by atoms with van der Waals surface area (Å²) in [6, 6.07) is 4.93. The van der Waals surface area contributed by atoms with Crippen LogP contribution >= 0.6 is 23.2 Å². The summed E-state index contributed by atoms with van der Waals surface area (Å²) < 4.78 is 7.65. The van der Waals surface area contributed by atoms with E-state index in [1.54, 1.807) is 6.20 Å². The van der Waals surface area contributed by atoms with Crippen molar-refractivity contribution in [3.63, 3.8) is 0 Å². The van der Waals surface area contributed by atoms with Gasteiger partial charge in [0.25, 0.3) is 0 Å². The molecule has 1 N–H and O–H groups in total. The van der Waals surface area contributed by atoms with Crippen molar-refractivity contribution in [2.45, 2.75) is 32.4 Å². The molecule has 7 nitrogen and oxygen atoms in total. The van der Waals surface area contributed by atoms with E-state index in [9.17, 15) is 0 Å². The Labute approximate surface area is 174 Å². The molecule has 0 amide bonds. The third-order valence-corrected chi connectivity index (χ3v) is 6.35. The van der Waals surface area contributed by atoms with Crippen LogP contribution < -0.4 is 0 Å². The number of hydrogen-bond acceptors (Lipinski definition) is 5. The minimum absolute atomic E-state index is 0.487. The Morgan fingerprint density at radius 2 is 1.71 bits per heavy atom. The number of ether oxygens (including phenoxy) is 1. The fourth-order valence-corrected chi connectivity index (χ4v) is 3.60. The van der Waals surface area contributed by atoms with Crippen molar-refractivity contribution >= 4 is 53.3 Å². The molecule has 0 radical (unpaired) electrons. The number of halogens is 2. The lowest BCUT2D eigenvalue weighted by molar-refractivity contribution is 0.0899. The molecular weight excluding hydrogens is 415 g/mol. The third-order valence-electron chi connectivity index (χ3n) is 4.04. The normalized spacial score (nSPS) is 11.6. The summed E-state index contributed by atoms with van der Waals surface area (Å²) in [5.74, 6) is 0. The first-order chi connectivity index (χ1) is 13.3. The van der Waals surface area contributed by atoms with Crippen molar-refractivity contribution in [1.82, 2.24) is 29.5 Å². The molecule has 4 heterocycles. The minimum Gasteiger partial charge on any atom is -0.361 e. The van der Waals surface area contributed by atoms with Gasteiger partial charge in [-0.15, -0.1) is 0 Å². The second kappa shape index (κ2) is 9.00. The number of nitrogens with one attached hydrogen (secondary N) is 1. The molecule has 0 saturated carbocycles. The van der Waals surface area contributed by atoms with E-state index in [-0.39, 0.29) is 0 Å². The molecule has 0 fully saturated rings. The predicted octanol–water partition coefficient (Wildman–Crippen LogP) is 5.01. The lowest BCUT2D eigenvalue weighted by atomic mass is 10.4. The maximum atomic E-state index is 5.99. The Bertz CT molecular complexity index is 1060. The Morgan fingerprint density at radius 1 is 1.00 bits per heavy atom. The van der Waals surface area contributed by atoms with Crippen LogP contribution in [0.25, 0.3) is 22.1 Å². The highest BCUT2D eigenvalue weighted by Crippen LogP contribution is 2.20. The predicted molar refractivity (Wildman–Crippen MR) is 116 cm³/mol. The Morgan fingerprint density at radius 3 is 2.43 bits per heavy atom. The van der Waals surface area contributed by atoms with Crippen molar-refractivity contribution in [2.75, 3.05) is 6.61 Å². The highest BCUT2D eigenvalue weighted by Gasteiger charge is 2.12. The number of rotatable bonds is 5. The van der Waals surface area contributed by atoms with Gasteiger partial charge in [-0.3, -0.25) is 0 Å². The van der Waals surface area contributed by atoms with Crippen LogP contribution in [-0.4, -0.2) is 44.2 Å². The molecule has 4 rings (SSSR count). The molecule has 0 spiro atoms. The van der Waals surface area contributed by atoms with E-state index in [1.165, 1.54) is 18.7 Å². The first-order valence-corrected chi connectivity index (χ1v) is 13.3. The molecule has 0 bridgehead atoms. The molecule has 10 heteroatoms. The van der Waals surface area contributed by atoms with Gasteiger partial charge in [-0.25, -0.2) is 19.9 Å². The van der Waals surface area contributed by atoms with Crippen molar-refractivity contribution < 1.29 is 4.74 Å². The molecule has 28 heavy (non-hydrogen) atoms. The second-order valence-corrected chi connectivity index (χ2v) is 13.8. The SMILES string of the molecule is C[Si](C)(C)CCOCn1ccc2c(Cl)ncnc21.Clc1ncnc2[nH]ccc12. The van der Waals surface area contributed by atoms with E-state index in [0.717, 1.165) is 28.7 Å². The van der Waals surface area contributed by atoms with Crippen LogP contribution in [0.3, 0.4) is 0 Å². The monoisotopic (exact) mass is 436 g/mol. The van der Waals surface area contributed by atoms with E-state index in [1.807, 2.05) is 22.9 Å². The van der Waals surface area contributed by atoms with Crippen molar-refractivity contribution in [3.8, 4) is 0 Å². The second-order valence-electron chi connectivity index (χ2n) is 7.44. The molecule has 4 aromatic rings. The van der Waals surface area contributed by atoms with Gasteiger partial charge in [0.15, 0.2) is 0 Å². The van der Waals surface area contributed by atoms with Crippen LogP contribution in [-0.2, 0) is 11.5 Å². The van der Waals surface area contributed by atoms with Gasteiger partial charge in [0, 0.05) is 27.1 Å². The van der Waals surface area contributed by atoms with Crippen LogP contribution in [0.2, 0.25) is 36.0 Å². The van der Waals surface area contributed by atoms with Crippen molar-refractivity contribution in [2.24, 2.45) is 0 Å². The summed E-state index contributed by atoms with van der Waals surface area (Å²) in [5.41, 5.74) is 1.60. The number of aromatic amines is 1. The molecule has 0 aromatic carbocycles. The zero-order valence-electron chi connectivity index (χ0n) is 16.0. The smallest absolute Gasteiger partial charge is 0.146 e. The van der Waals surface area contributed by atoms with E-state index < -0.39 is 8.07 Å². The minimum atomic E-state index is -1.02. The highest BCUT2D eigenvalue weighted by molar-refractivity contribution is 6.76. The summed E-state index contributed by atoms with van der Waals surface area (Å²) in [4.78, 5) is 18.9. The Balaban J connectivity index is 0.000000188. The quantitative estimate of drug-likeness (QED) is 0.270. The maximum Gasteiger partial charge on any atom is 0.146 e. The average molecular weight is 437 g/mol. The molecular formula is C18H22Cl2N6OSi. The van der Waals surface area contributed by atoms with Crippen LogP contribution in [0.15, 0.2) is 37.2 Å².